The fourth-order valence-electron chi connectivity index (χ4n) is 3.70. The van der Waals surface area contributed by atoms with Gasteiger partial charge in [-0.15, -0.1) is 0 Å². The van der Waals surface area contributed by atoms with E-state index in [4.69, 9.17) is 14.5 Å². The van der Waals surface area contributed by atoms with Gasteiger partial charge in [-0.1, -0.05) is 50.3 Å². The molecule has 1 aromatic heterocycles. The Kier molecular flexibility index (Phi) is 5.80. The second-order valence-corrected chi connectivity index (χ2v) is 9.69. The van der Waals surface area contributed by atoms with Crippen LogP contribution in [-0.2, 0) is 10.2 Å². The Morgan fingerprint density at radius 1 is 1.23 bits per heavy atom. The van der Waals surface area contributed by atoms with Crippen molar-refractivity contribution in [2.45, 2.75) is 45.1 Å². The van der Waals surface area contributed by atoms with Gasteiger partial charge in [0.15, 0.2) is 5.13 Å². The van der Waals surface area contributed by atoms with Crippen molar-refractivity contribution in [3.63, 3.8) is 0 Å². The van der Waals surface area contributed by atoms with Crippen LogP contribution in [0.3, 0.4) is 0 Å². The third-order valence-electron chi connectivity index (χ3n) is 5.47. The SMILES string of the molecule is COc1cccc2sc(N(CC3CCCO3)C(=O)c3ccc(C(C)(C)C)cc3)nc12. The first-order valence-corrected chi connectivity index (χ1v) is 11.2. The van der Waals surface area contributed by atoms with Crippen LogP contribution in [-0.4, -0.2) is 37.3 Å². The fraction of sp³-hybridized carbons (Fsp3) is 0.417. The molecule has 30 heavy (non-hydrogen) atoms. The number of nitrogens with zero attached hydrogens (tertiary/aromatic N) is 2. The molecule has 1 unspecified atom stereocenters. The van der Waals surface area contributed by atoms with Crippen molar-refractivity contribution in [1.29, 1.82) is 0 Å². The average molecular weight is 425 g/mol. The normalized spacial score (nSPS) is 16.7. The minimum absolute atomic E-state index is 0.0386. The number of methoxy groups -OCH3 is 1. The summed E-state index contributed by atoms with van der Waals surface area (Å²) in [7, 11) is 1.64. The number of benzene rings is 2. The minimum Gasteiger partial charge on any atom is -0.494 e. The number of rotatable bonds is 5. The molecule has 5 nitrogen and oxygen atoms in total. The molecule has 0 radical (unpaired) electrons. The predicted octanol–water partition coefficient (Wildman–Crippen LogP) is 5.43. The second kappa shape index (κ2) is 8.36. The molecule has 0 bridgehead atoms. The van der Waals surface area contributed by atoms with Gasteiger partial charge in [0, 0.05) is 12.2 Å². The Hall–Kier alpha value is -2.44. The number of thiazole rings is 1. The van der Waals surface area contributed by atoms with E-state index in [2.05, 4.69) is 20.8 Å². The van der Waals surface area contributed by atoms with E-state index in [0.29, 0.717) is 23.0 Å². The maximum atomic E-state index is 13.5. The molecule has 158 valence electrons. The van der Waals surface area contributed by atoms with Crippen molar-refractivity contribution < 1.29 is 14.3 Å². The Morgan fingerprint density at radius 3 is 2.63 bits per heavy atom. The highest BCUT2D eigenvalue weighted by Crippen LogP contribution is 2.35. The van der Waals surface area contributed by atoms with Crippen molar-refractivity contribution in [2.24, 2.45) is 0 Å². The molecule has 2 heterocycles. The van der Waals surface area contributed by atoms with Gasteiger partial charge >= 0.3 is 0 Å². The van der Waals surface area contributed by atoms with E-state index in [1.54, 1.807) is 12.0 Å². The first kappa shape index (κ1) is 20.8. The lowest BCUT2D eigenvalue weighted by Gasteiger charge is -2.24. The molecule has 2 aromatic carbocycles. The maximum absolute atomic E-state index is 13.5. The number of para-hydroxylation sites is 1. The van der Waals surface area contributed by atoms with E-state index in [-0.39, 0.29) is 17.4 Å². The topological polar surface area (TPSA) is 51.7 Å². The molecule has 1 aliphatic rings. The van der Waals surface area contributed by atoms with Gasteiger partial charge in [-0.05, 0) is 48.1 Å². The summed E-state index contributed by atoms with van der Waals surface area (Å²) >= 11 is 1.51. The molecule has 1 saturated heterocycles. The van der Waals surface area contributed by atoms with Crippen molar-refractivity contribution in [3.05, 3.63) is 53.6 Å². The number of hydrogen-bond donors (Lipinski definition) is 0. The molecule has 1 amide bonds. The molecule has 0 spiro atoms. The zero-order chi connectivity index (χ0) is 21.3. The molecule has 4 rings (SSSR count). The molecule has 1 aliphatic heterocycles. The molecule has 1 fully saturated rings. The van der Waals surface area contributed by atoms with Crippen LogP contribution in [0.5, 0.6) is 5.75 Å². The molecule has 6 heteroatoms. The third kappa shape index (κ3) is 4.20. The predicted molar refractivity (Wildman–Crippen MR) is 122 cm³/mol. The fourth-order valence-corrected chi connectivity index (χ4v) is 4.69. The van der Waals surface area contributed by atoms with Crippen LogP contribution in [0.1, 0.15) is 49.5 Å². The zero-order valence-electron chi connectivity index (χ0n) is 18.0. The second-order valence-electron chi connectivity index (χ2n) is 8.68. The first-order valence-electron chi connectivity index (χ1n) is 10.3. The number of carbonyl (C=O) groups excluding carboxylic acids is 1. The largest absolute Gasteiger partial charge is 0.494 e. The summed E-state index contributed by atoms with van der Waals surface area (Å²) in [5, 5.41) is 0.676. The monoisotopic (exact) mass is 424 g/mol. The van der Waals surface area contributed by atoms with E-state index in [0.717, 1.165) is 29.7 Å². The number of anilines is 1. The highest BCUT2D eigenvalue weighted by molar-refractivity contribution is 7.22. The Balaban J connectivity index is 1.70. The van der Waals surface area contributed by atoms with Crippen LogP contribution in [0.2, 0.25) is 0 Å². The molecule has 1 atom stereocenters. The summed E-state index contributed by atoms with van der Waals surface area (Å²) in [6.45, 7) is 7.76. The van der Waals surface area contributed by atoms with Crippen molar-refractivity contribution >= 4 is 32.6 Å². The van der Waals surface area contributed by atoms with Crippen molar-refractivity contribution in [1.82, 2.24) is 4.98 Å². The van der Waals surface area contributed by atoms with Gasteiger partial charge in [0.05, 0.1) is 24.5 Å². The highest BCUT2D eigenvalue weighted by atomic mass is 32.1. The van der Waals surface area contributed by atoms with E-state index >= 15 is 0 Å². The van der Waals surface area contributed by atoms with Gasteiger partial charge in [-0.25, -0.2) is 4.98 Å². The Morgan fingerprint density at radius 2 is 2.00 bits per heavy atom. The lowest BCUT2D eigenvalue weighted by atomic mass is 9.86. The van der Waals surface area contributed by atoms with Gasteiger partial charge in [-0.3, -0.25) is 9.69 Å². The maximum Gasteiger partial charge on any atom is 0.260 e. The van der Waals surface area contributed by atoms with Crippen LogP contribution < -0.4 is 9.64 Å². The zero-order valence-corrected chi connectivity index (χ0v) is 18.8. The molecule has 0 aliphatic carbocycles. The number of carbonyl (C=O) groups is 1. The summed E-state index contributed by atoms with van der Waals surface area (Å²) in [5.74, 6) is 0.665. The van der Waals surface area contributed by atoms with E-state index < -0.39 is 0 Å². The van der Waals surface area contributed by atoms with Gasteiger partial charge in [-0.2, -0.15) is 0 Å². The molecule has 0 N–H and O–H groups in total. The Labute approximate surface area is 181 Å². The third-order valence-corrected chi connectivity index (χ3v) is 6.52. The van der Waals surface area contributed by atoms with Crippen LogP contribution in [0.4, 0.5) is 5.13 Å². The molecule has 0 saturated carbocycles. The summed E-state index contributed by atoms with van der Waals surface area (Å²) in [6, 6.07) is 13.8. The van der Waals surface area contributed by atoms with Crippen LogP contribution in [0, 0.1) is 0 Å². The van der Waals surface area contributed by atoms with E-state index in [9.17, 15) is 4.79 Å². The first-order chi connectivity index (χ1) is 14.4. The number of aromatic nitrogens is 1. The average Bonchev–Trinajstić information content (AvgIpc) is 3.40. The lowest BCUT2D eigenvalue weighted by Crippen LogP contribution is -2.37. The quantitative estimate of drug-likeness (QED) is 0.548. The minimum atomic E-state index is -0.0519. The van der Waals surface area contributed by atoms with Crippen LogP contribution >= 0.6 is 11.3 Å². The number of ether oxygens (including phenoxy) is 2. The summed E-state index contributed by atoms with van der Waals surface area (Å²) < 4.78 is 12.3. The van der Waals surface area contributed by atoms with Crippen LogP contribution in [0.15, 0.2) is 42.5 Å². The summed E-state index contributed by atoms with van der Waals surface area (Å²) in [5.41, 5.74) is 2.69. The number of amides is 1. The Bertz CT molecular complexity index is 1030. The van der Waals surface area contributed by atoms with Crippen LogP contribution in [0.25, 0.3) is 10.2 Å². The molecular formula is C24H28N2O3S. The van der Waals surface area contributed by atoms with Gasteiger partial charge in [0.25, 0.3) is 5.91 Å². The molecular weight excluding hydrogens is 396 g/mol. The van der Waals surface area contributed by atoms with E-state index in [1.807, 2.05) is 42.5 Å². The van der Waals surface area contributed by atoms with Gasteiger partial charge in [0.2, 0.25) is 0 Å². The summed E-state index contributed by atoms with van der Waals surface area (Å²) in [4.78, 5) is 20.1. The smallest absolute Gasteiger partial charge is 0.260 e. The standard InChI is InChI=1S/C24H28N2O3S/c1-24(2,3)17-12-10-16(11-13-17)22(27)26(15-18-7-6-14-29-18)23-25-21-19(28-4)8-5-9-20(21)30-23/h5,8-13,18H,6-7,14-15H2,1-4H3. The van der Waals surface area contributed by atoms with E-state index in [1.165, 1.54) is 16.9 Å². The highest BCUT2D eigenvalue weighted by Gasteiger charge is 2.27. The van der Waals surface area contributed by atoms with Gasteiger partial charge in [0.1, 0.15) is 11.3 Å². The van der Waals surface area contributed by atoms with Crippen molar-refractivity contribution in [2.75, 3.05) is 25.2 Å². The number of hydrogen-bond acceptors (Lipinski definition) is 5. The molecule has 3 aromatic rings. The lowest BCUT2D eigenvalue weighted by molar-refractivity contribution is 0.0917. The van der Waals surface area contributed by atoms with Gasteiger partial charge < -0.3 is 9.47 Å². The number of fused-ring (bicyclic) bond motifs is 1. The van der Waals surface area contributed by atoms with Crippen molar-refractivity contribution in [3.8, 4) is 5.75 Å². The summed E-state index contributed by atoms with van der Waals surface area (Å²) in [6.07, 6.45) is 2.03.